The number of hydrogen-bond acceptors (Lipinski definition) is 4. The topological polar surface area (TPSA) is 75.5 Å². The summed E-state index contributed by atoms with van der Waals surface area (Å²) < 4.78 is 1.87. The molecule has 7 heteroatoms. The second-order valence-electron chi connectivity index (χ2n) is 8.96. The van der Waals surface area contributed by atoms with Crippen molar-refractivity contribution in [3.8, 4) is 11.1 Å². The van der Waals surface area contributed by atoms with E-state index < -0.39 is 0 Å². The number of rotatable bonds is 7. The van der Waals surface area contributed by atoms with E-state index in [9.17, 15) is 14.4 Å². The molecule has 0 saturated heterocycles. The minimum Gasteiger partial charge on any atom is -0.345 e. The molecule has 0 unspecified atom stereocenters. The third-order valence-electron chi connectivity index (χ3n) is 6.03. The summed E-state index contributed by atoms with van der Waals surface area (Å²) >= 11 is 0. The Labute approximate surface area is 200 Å². The first-order chi connectivity index (χ1) is 16.3. The van der Waals surface area contributed by atoms with Gasteiger partial charge >= 0.3 is 0 Å². The molecule has 1 aliphatic heterocycles. The predicted octanol–water partition coefficient (Wildman–Crippen LogP) is 3.89. The Bertz CT molecular complexity index is 1210. The van der Waals surface area contributed by atoms with Gasteiger partial charge in [0.15, 0.2) is 0 Å². The molecule has 0 fully saturated rings. The molecular weight excluding hydrogens is 428 g/mol. The average Bonchev–Trinajstić information content (AvgIpc) is 3.22. The zero-order valence-corrected chi connectivity index (χ0v) is 20.0. The molecule has 0 atom stereocenters. The largest absolute Gasteiger partial charge is 0.345 e. The van der Waals surface area contributed by atoms with Gasteiger partial charge in [0, 0.05) is 58.1 Å². The van der Waals surface area contributed by atoms with Crippen molar-refractivity contribution in [1.82, 2.24) is 14.7 Å². The molecule has 2 aromatic carbocycles. The third-order valence-corrected chi connectivity index (χ3v) is 6.03. The van der Waals surface area contributed by atoms with E-state index in [1.165, 1.54) is 0 Å². The van der Waals surface area contributed by atoms with Gasteiger partial charge in [-0.1, -0.05) is 36.4 Å². The molecule has 1 aromatic heterocycles. The number of Topliss-reactive ketones (excluding diaryl/α,β-unsaturated/α-hetero) is 1. The van der Waals surface area contributed by atoms with Crippen LogP contribution in [0.1, 0.15) is 40.9 Å². The zero-order chi connectivity index (χ0) is 24.2. The maximum absolute atomic E-state index is 12.8. The molecule has 0 bridgehead atoms. The number of aromatic nitrogens is 2. The van der Waals surface area contributed by atoms with Crippen LogP contribution in [-0.2, 0) is 22.6 Å². The quantitative estimate of drug-likeness (QED) is 0.538. The molecule has 4 rings (SSSR count). The van der Waals surface area contributed by atoms with Crippen molar-refractivity contribution in [3.63, 3.8) is 0 Å². The summed E-state index contributed by atoms with van der Waals surface area (Å²) in [5.41, 5.74) is 4.38. The summed E-state index contributed by atoms with van der Waals surface area (Å²) in [5.74, 6) is 0.800. The van der Waals surface area contributed by atoms with Crippen molar-refractivity contribution in [2.75, 3.05) is 25.5 Å². The van der Waals surface area contributed by atoms with Gasteiger partial charge in [0.05, 0.1) is 5.69 Å². The summed E-state index contributed by atoms with van der Waals surface area (Å²) in [5, 5.41) is 4.42. The maximum atomic E-state index is 12.8. The molecule has 0 spiro atoms. The highest BCUT2D eigenvalue weighted by Gasteiger charge is 2.24. The highest BCUT2D eigenvalue weighted by atomic mass is 16.2. The second-order valence-corrected chi connectivity index (χ2v) is 8.96. The summed E-state index contributed by atoms with van der Waals surface area (Å²) in [7, 11) is 3.47. The minimum atomic E-state index is -0.0391. The molecule has 1 aliphatic rings. The summed E-state index contributed by atoms with van der Waals surface area (Å²) in [6, 6.07) is 17.2. The van der Waals surface area contributed by atoms with Crippen molar-refractivity contribution in [3.05, 3.63) is 71.4 Å². The van der Waals surface area contributed by atoms with Crippen LogP contribution in [0.5, 0.6) is 0 Å². The Morgan fingerprint density at radius 3 is 2.44 bits per heavy atom. The summed E-state index contributed by atoms with van der Waals surface area (Å²) in [6.07, 6.45) is 1.59. The molecule has 3 aromatic rings. The van der Waals surface area contributed by atoms with Crippen LogP contribution in [0.3, 0.4) is 0 Å². The summed E-state index contributed by atoms with van der Waals surface area (Å²) in [4.78, 5) is 40.8. The molecule has 34 heavy (non-hydrogen) atoms. The van der Waals surface area contributed by atoms with Gasteiger partial charge in [0.2, 0.25) is 5.91 Å². The number of amides is 2. The Kier molecular flexibility index (Phi) is 6.91. The molecule has 0 N–H and O–H groups in total. The van der Waals surface area contributed by atoms with Gasteiger partial charge in [-0.15, -0.1) is 0 Å². The number of hydrogen-bond donors (Lipinski definition) is 0. The van der Waals surface area contributed by atoms with Crippen LogP contribution in [0.15, 0.2) is 54.6 Å². The molecule has 2 amide bonds. The number of anilines is 1. The minimum absolute atomic E-state index is 0.0308. The van der Waals surface area contributed by atoms with Gasteiger partial charge in [-0.3, -0.25) is 19.3 Å². The lowest BCUT2D eigenvalue weighted by atomic mass is 9.99. The number of carbonyl (C=O) groups is 3. The zero-order valence-electron chi connectivity index (χ0n) is 20.0. The number of benzene rings is 2. The standard InChI is InChI=1S/C27H30N4O3/c1-19-16-25-30(14-5-15-31(25)28-19)26(33)13-12-24(32)17-20-8-10-21(11-9-20)22-6-4-7-23(18-22)27(34)29(2)3/h4,6-11,16,18H,5,12-15,17H2,1-3H3. The molecule has 0 radical (unpaired) electrons. The fourth-order valence-corrected chi connectivity index (χ4v) is 4.26. The van der Waals surface area contributed by atoms with Crippen molar-refractivity contribution in [2.45, 2.75) is 39.2 Å². The highest BCUT2D eigenvalue weighted by Crippen LogP contribution is 2.24. The van der Waals surface area contributed by atoms with Gasteiger partial charge in [-0.25, -0.2) is 4.68 Å². The lowest BCUT2D eigenvalue weighted by molar-refractivity contribution is -0.123. The first-order valence-corrected chi connectivity index (χ1v) is 11.6. The van der Waals surface area contributed by atoms with E-state index in [2.05, 4.69) is 5.10 Å². The van der Waals surface area contributed by atoms with E-state index in [0.29, 0.717) is 18.5 Å². The monoisotopic (exact) mass is 458 g/mol. The second kappa shape index (κ2) is 10.0. The maximum Gasteiger partial charge on any atom is 0.253 e. The smallest absolute Gasteiger partial charge is 0.253 e. The lowest BCUT2D eigenvalue weighted by Gasteiger charge is -2.27. The Morgan fingerprint density at radius 2 is 1.71 bits per heavy atom. The molecule has 0 saturated carbocycles. The highest BCUT2D eigenvalue weighted by molar-refractivity contribution is 5.96. The number of nitrogens with zero attached hydrogens (tertiary/aromatic N) is 4. The normalized spacial score (nSPS) is 12.9. The number of fused-ring (bicyclic) bond motifs is 1. The Balaban J connectivity index is 1.34. The van der Waals surface area contributed by atoms with Crippen molar-refractivity contribution in [1.29, 1.82) is 0 Å². The van der Waals surface area contributed by atoms with Gasteiger partial charge in [-0.2, -0.15) is 5.10 Å². The Morgan fingerprint density at radius 1 is 0.941 bits per heavy atom. The van der Waals surface area contributed by atoms with E-state index in [4.69, 9.17) is 0 Å². The number of aryl methyl sites for hydroxylation is 2. The van der Waals surface area contributed by atoms with Crippen LogP contribution in [0, 0.1) is 6.92 Å². The lowest BCUT2D eigenvalue weighted by Crippen LogP contribution is -2.37. The van der Waals surface area contributed by atoms with Crippen LogP contribution < -0.4 is 4.90 Å². The van der Waals surface area contributed by atoms with E-state index in [1.54, 1.807) is 30.0 Å². The Hall–Kier alpha value is -3.74. The van der Waals surface area contributed by atoms with E-state index >= 15 is 0 Å². The molecular formula is C27H30N4O3. The van der Waals surface area contributed by atoms with Gasteiger partial charge in [-0.05, 0) is 42.2 Å². The van der Waals surface area contributed by atoms with Gasteiger partial charge in [0.25, 0.3) is 5.91 Å². The van der Waals surface area contributed by atoms with Crippen molar-refractivity contribution in [2.24, 2.45) is 0 Å². The SMILES string of the molecule is Cc1cc2n(n1)CCCN2C(=O)CCC(=O)Cc1ccc(-c2cccc(C(=O)N(C)C)c2)cc1. The van der Waals surface area contributed by atoms with E-state index in [-0.39, 0.29) is 30.4 Å². The summed E-state index contributed by atoms with van der Waals surface area (Å²) in [6.45, 7) is 3.40. The molecule has 2 heterocycles. The van der Waals surface area contributed by atoms with Gasteiger partial charge in [0.1, 0.15) is 11.6 Å². The van der Waals surface area contributed by atoms with Crippen LogP contribution >= 0.6 is 0 Å². The predicted molar refractivity (Wildman–Crippen MR) is 132 cm³/mol. The third kappa shape index (κ3) is 5.25. The van der Waals surface area contributed by atoms with E-state index in [0.717, 1.165) is 41.2 Å². The van der Waals surface area contributed by atoms with Gasteiger partial charge < -0.3 is 4.90 Å². The van der Waals surface area contributed by atoms with Crippen molar-refractivity contribution >= 4 is 23.4 Å². The molecule has 7 nitrogen and oxygen atoms in total. The fourth-order valence-electron chi connectivity index (χ4n) is 4.26. The average molecular weight is 459 g/mol. The first kappa shape index (κ1) is 23.4. The van der Waals surface area contributed by atoms with Crippen molar-refractivity contribution < 1.29 is 14.4 Å². The van der Waals surface area contributed by atoms with Crippen LogP contribution in [-0.4, -0.2) is 52.9 Å². The van der Waals surface area contributed by atoms with E-state index in [1.807, 2.05) is 60.1 Å². The first-order valence-electron chi connectivity index (χ1n) is 11.6. The van der Waals surface area contributed by atoms with Crippen LogP contribution in [0.25, 0.3) is 11.1 Å². The number of ketones is 1. The fraction of sp³-hybridized carbons (Fsp3) is 0.333. The number of carbonyl (C=O) groups excluding carboxylic acids is 3. The molecule has 0 aliphatic carbocycles. The van der Waals surface area contributed by atoms with Crippen LogP contribution in [0.2, 0.25) is 0 Å². The van der Waals surface area contributed by atoms with Crippen LogP contribution in [0.4, 0.5) is 5.82 Å². The molecule has 176 valence electrons.